The number of aliphatic hydroxyl groups excluding tert-OH is 1. The predicted molar refractivity (Wildman–Crippen MR) is 62.8 cm³/mol. The van der Waals surface area contributed by atoms with E-state index in [2.05, 4.69) is 10.3 Å². The molecule has 4 N–H and O–H groups in total. The molecule has 0 atom stereocenters. The Labute approximate surface area is 94.9 Å². The van der Waals surface area contributed by atoms with Crippen LogP contribution in [0.3, 0.4) is 0 Å². The van der Waals surface area contributed by atoms with Crippen molar-refractivity contribution in [2.24, 2.45) is 0 Å². The fourth-order valence-corrected chi connectivity index (χ4v) is 1.31. The Morgan fingerprint density at radius 1 is 1.62 bits per heavy atom. The number of hydrogen-bond donors (Lipinski definition) is 3. The van der Waals surface area contributed by atoms with Crippen LogP contribution >= 0.6 is 0 Å². The van der Waals surface area contributed by atoms with Gasteiger partial charge in [0.25, 0.3) is 0 Å². The molecule has 0 fully saturated rings. The molecule has 86 valence electrons. The summed E-state index contributed by atoms with van der Waals surface area (Å²) < 4.78 is 0. The molecule has 0 aliphatic rings. The molecule has 1 heterocycles. The maximum Gasteiger partial charge on any atom is 0.149 e. The number of aromatic nitrogens is 1. The van der Waals surface area contributed by atoms with Crippen molar-refractivity contribution in [2.45, 2.75) is 25.8 Å². The third-order valence-corrected chi connectivity index (χ3v) is 2.24. The number of pyridine rings is 1. The van der Waals surface area contributed by atoms with E-state index in [1.807, 2.05) is 19.9 Å². The lowest BCUT2D eigenvalue weighted by molar-refractivity contribution is 0.260. The van der Waals surface area contributed by atoms with Gasteiger partial charge in [-0.15, -0.1) is 0 Å². The zero-order chi connectivity index (χ0) is 12.2. The Hall–Kier alpha value is -1.80. The van der Waals surface area contributed by atoms with E-state index in [-0.39, 0.29) is 12.1 Å². The number of nitrogens with two attached hydrogens (primary N) is 1. The molecule has 0 amide bonds. The molecule has 0 spiro atoms. The van der Waals surface area contributed by atoms with Gasteiger partial charge in [0, 0.05) is 18.3 Å². The molecule has 0 saturated heterocycles. The second-order valence-corrected chi connectivity index (χ2v) is 4.26. The lowest BCUT2D eigenvalue weighted by atomic mass is 10.0. The monoisotopic (exact) mass is 220 g/mol. The first kappa shape index (κ1) is 12.3. The maximum atomic E-state index is 8.90. The Morgan fingerprint density at radius 3 is 2.81 bits per heavy atom. The van der Waals surface area contributed by atoms with Gasteiger partial charge in [0.05, 0.1) is 11.3 Å². The van der Waals surface area contributed by atoms with Crippen LogP contribution in [0.25, 0.3) is 0 Å². The average molecular weight is 220 g/mol. The van der Waals surface area contributed by atoms with Crippen LogP contribution < -0.4 is 11.1 Å². The highest BCUT2D eigenvalue weighted by Gasteiger charge is 2.18. The standard InChI is InChI=1S/C11H16N4O/c1-11(2,3-4-16)15-10-9(13)5-8(6-12)7-14-10/h5,7,16H,3-4,13H2,1-2H3,(H,14,15). The van der Waals surface area contributed by atoms with Crippen LogP contribution in [-0.4, -0.2) is 22.2 Å². The molecule has 0 bridgehead atoms. The zero-order valence-electron chi connectivity index (χ0n) is 9.49. The first-order valence-corrected chi connectivity index (χ1v) is 5.03. The lowest BCUT2D eigenvalue weighted by Gasteiger charge is -2.26. The van der Waals surface area contributed by atoms with E-state index >= 15 is 0 Å². The Kier molecular flexibility index (Phi) is 3.69. The summed E-state index contributed by atoms with van der Waals surface area (Å²) in [6.45, 7) is 3.99. The quantitative estimate of drug-likeness (QED) is 0.706. The van der Waals surface area contributed by atoms with Crippen molar-refractivity contribution in [3.8, 4) is 6.07 Å². The van der Waals surface area contributed by atoms with Crippen molar-refractivity contribution in [2.75, 3.05) is 17.7 Å². The van der Waals surface area contributed by atoms with E-state index in [1.54, 1.807) is 6.07 Å². The molecular weight excluding hydrogens is 204 g/mol. The molecule has 5 heteroatoms. The Balaban J connectivity index is 2.86. The molecular formula is C11H16N4O. The molecule has 0 saturated carbocycles. The molecule has 1 aromatic rings. The number of aliphatic hydroxyl groups is 1. The Morgan fingerprint density at radius 2 is 2.31 bits per heavy atom. The summed E-state index contributed by atoms with van der Waals surface area (Å²) in [7, 11) is 0. The zero-order valence-corrected chi connectivity index (χ0v) is 9.49. The largest absolute Gasteiger partial charge is 0.396 e. The van der Waals surface area contributed by atoms with Gasteiger partial charge in [0.2, 0.25) is 0 Å². The fraction of sp³-hybridized carbons (Fsp3) is 0.455. The van der Waals surface area contributed by atoms with E-state index in [0.29, 0.717) is 23.5 Å². The van der Waals surface area contributed by atoms with Crippen LogP contribution in [0.5, 0.6) is 0 Å². The van der Waals surface area contributed by atoms with Crippen LogP contribution in [-0.2, 0) is 0 Å². The van der Waals surface area contributed by atoms with Gasteiger partial charge >= 0.3 is 0 Å². The maximum absolute atomic E-state index is 8.90. The van der Waals surface area contributed by atoms with E-state index in [1.165, 1.54) is 6.20 Å². The average Bonchev–Trinajstić information content (AvgIpc) is 2.20. The highest BCUT2D eigenvalue weighted by Crippen LogP contribution is 2.22. The second kappa shape index (κ2) is 4.81. The van der Waals surface area contributed by atoms with E-state index in [4.69, 9.17) is 16.1 Å². The summed E-state index contributed by atoms with van der Waals surface area (Å²) in [6, 6.07) is 3.55. The number of nitrogen functional groups attached to an aromatic ring is 1. The van der Waals surface area contributed by atoms with Crippen LogP contribution in [0.4, 0.5) is 11.5 Å². The highest BCUT2D eigenvalue weighted by molar-refractivity contribution is 5.63. The van der Waals surface area contributed by atoms with Gasteiger partial charge in [-0.25, -0.2) is 4.98 Å². The predicted octanol–water partition coefficient (Wildman–Crippen LogP) is 1.11. The van der Waals surface area contributed by atoms with Crippen LogP contribution in [0.1, 0.15) is 25.8 Å². The SMILES string of the molecule is CC(C)(CCO)Nc1ncc(C#N)cc1N. The van der Waals surface area contributed by atoms with Gasteiger partial charge in [0.15, 0.2) is 0 Å². The van der Waals surface area contributed by atoms with Gasteiger partial charge in [-0.2, -0.15) is 5.26 Å². The molecule has 0 aromatic carbocycles. The number of nitrogens with one attached hydrogen (secondary N) is 1. The summed E-state index contributed by atoms with van der Waals surface area (Å²) in [6.07, 6.45) is 2.06. The van der Waals surface area contributed by atoms with Gasteiger partial charge < -0.3 is 16.2 Å². The fourth-order valence-electron chi connectivity index (χ4n) is 1.31. The summed E-state index contributed by atoms with van der Waals surface area (Å²) in [5.41, 5.74) is 6.34. The molecule has 0 unspecified atom stereocenters. The smallest absolute Gasteiger partial charge is 0.149 e. The van der Waals surface area contributed by atoms with E-state index in [0.717, 1.165) is 0 Å². The van der Waals surface area contributed by atoms with Crippen LogP contribution in [0, 0.1) is 11.3 Å². The van der Waals surface area contributed by atoms with Crippen molar-refractivity contribution in [1.82, 2.24) is 4.98 Å². The number of rotatable bonds is 4. The van der Waals surface area contributed by atoms with Crippen molar-refractivity contribution in [3.63, 3.8) is 0 Å². The van der Waals surface area contributed by atoms with Gasteiger partial charge in [-0.05, 0) is 26.3 Å². The summed E-state index contributed by atoms with van der Waals surface area (Å²) in [5, 5.41) is 20.7. The molecule has 1 aromatic heterocycles. The third kappa shape index (κ3) is 3.11. The van der Waals surface area contributed by atoms with Gasteiger partial charge in [-0.1, -0.05) is 0 Å². The Bertz CT molecular complexity index is 409. The minimum atomic E-state index is -0.288. The van der Waals surface area contributed by atoms with Crippen molar-refractivity contribution < 1.29 is 5.11 Å². The third-order valence-electron chi connectivity index (χ3n) is 2.24. The topological polar surface area (TPSA) is 95.0 Å². The van der Waals surface area contributed by atoms with Crippen molar-refractivity contribution in [1.29, 1.82) is 5.26 Å². The number of nitrogens with zero attached hydrogens (tertiary/aromatic N) is 2. The summed E-state index contributed by atoms with van der Waals surface area (Å²) >= 11 is 0. The molecule has 0 radical (unpaired) electrons. The first-order valence-electron chi connectivity index (χ1n) is 5.03. The number of anilines is 2. The molecule has 5 nitrogen and oxygen atoms in total. The minimum absolute atomic E-state index is 0.0934. The van der Waals surface area contributed by atoms with Gasteiger partial charge in [-0.3, -0.25) is 0 Å². The first-order chi connectivity index (χ1) is 7.48. The number of hydrogen-bond acceptors (Lipinski definition) is 5. The van der Waals surface area contributed by atoms with Crippen molar-refractivity contribution >= 4 is 11.5 Å². The van der Waals surface area contributed by atoms with Crippen molar-refractivity contribution in [3.05, 3.63) is 17.8 Å². The summed E-state index contributed by atoms with van der Waals surface area (Å²) in [4.78, 5) is 4.08. The number of nitriles is 1. The summed E-state index contributed by atoms with van der Waals surface area (Å²) in [5.74, 6) is 0.539. The van der Waals surface area contributed by atoms with Crippen LogP contribution in [0.2, 0.25) is 0 Å². The normalized spacial score (nSPS) is 10.9. The molecule has 0 aliphatic heterocycles. The minimum Gasteiger partial charge on any atom is -0.396 e. The van der Waals surface area contributed by atoms with Gasteiger partial charge in [0.1, 0.15) is 11.9 Å². The molecule has 0 aliphatic carbocycles. The van der Waals surface area contributed by atoms with E-state index in [9.17, 15) is 0 Å². The highest BCUT2D eigenvalue weighted by atomic mass is 16.3. The molecule has 1 rings (SSSR count). The lowest BCUT2D eigenvalue weighted by Crippen LogP contribution is -2.32. The van der Waals surface area contributed by atoms with E-state index < -0.39 is 0 Å². The molecule has 16 heavy (non-hydrogen) atoms. The second-order valence-electron chi connectivity index (χ2n) is 4.26. The van der Waals surface area contributed by atoms with Crippen LogP contribution in [0.15, 0.2) is 12.3 Å².